The molecule has 2 aliphatic carbocycles. The van der Waals surface area contributed by atoms with Crippen LogP contribution in [0.15, 0.2) is 115 Å². The fourth-order valence-corrected chi connectivity index (χ4v) is 7.44. The molecule has 0 N–H and O–H groups in total. The van der Waals surface area contributed by atoms with Gasteiger partial charge in [0.1, 0.15) is 0 Å². The Kier molecular flexibility index (Phi) is 4.67. The monoisotopic (exact) mass is 526 g/mol. The molecule has 5 aromatic carbocycles. The maximum Gasteiger partial charge on any atom is 0.0541 e. The van der Waals surface area contributed by atoms with Gasteiger partial charge in [-0.3, -0.25) is 0 Å². The lowest BCUT2D eigenvalue weighted by Crippen LogP contribution is -2.03. The summed E-state index contributed by atoms with van der Waals surface area (Å²) < 4.78 is 4.94. The summed E-state index contributed by atoms with van der Waals surface area (Å²) in [6, 6.07) is 40.3. The molecule has 41 heavy (non-hydrogen) atoms. The Labute approximate surface area is 239 Å². The molecule has 2 unspecified atom stereocenters. The summed E-state index contributed by atoms with van der Waals surface area (Å²) in [7, 11) is 0. The smallest absolute Gasteiger partial charge is 0.0541 e. The molecule has 0 spiro atoms. The van der Waals surface area contributed by atoms with E-state index in [2.05, 4.69) is 144 Å². The number of aromatic nitrogens is 2. The van der Waals surface area contributed by atoms with E-state index in [9.17, 15) is 0 Å². The Morgan fingerprint density at radius 1 is 0.561 bits per heavy atom. The van der Waals surface area contributed by atoms with Crippen molar-refractivity contribution in [2.24, 2.45) is 5.92 Å². The van der Waals surface area contributed by atoms with Gasteiger partial charge in [-0.2, -0.15) is 0 Å². The SMILES string of the molecule is Cc1cc(-n2c3c(c4ccccc42)C=CC2CC32)ccc1-c1ccc(-n2c3ccccc3c3ccccc32)cc1C. The zero-order valence-electron chi connectivity index (χ0n) is 23.3. The van der Waals surface area contributed by atoms with Crippen LogP contribution in [0.2, 0.25) is 0 Å². The van der Waals surface area contributed by atoms with Gasteiger partial charge in [0.25, 0.3) is 0 Å². The van der Waals surface area contributed by atoms with Crippen molar-refractivity contribution < 1.29 is 0 Å². The minimum Gasteiger partial charge on any atom is -0.313 e. The second kappa shape index (κ2) is 8.34. The van der Waals surface area contributed by atoms with Crippen LogP contribution in [0.3, 0.4) is 0 Å². The van der Waals surface area contributed by atoms with E-state index in [0.29, 0.717) is 11.8 Å². The highest BCUT2D eigenvalue weighted by Crippen LogP contribution is 2.55. The van der Waals surface area contributed by atoms with Crippen molar-refractivity contribution in [2.45, 2.75) is 26.2 Å². The molecule has 2 nitrogen and oxygen atoms in total. The van der Waals surface area contributed by atoms with E-state index < -0.39 is 0 Å². The number of benzene rings is 5. The molecule has 0 bridgehead atoms. The van der Waals surface area contributed by atoms with Crippen LogP contribution in [0.5, 0.6) is 0 Å². The molecule has 0 amide bonds. The van der Waals surface area contributed by atoms with Gasteiger partial charge in [0.15, 0.2) is 0 Å². The maximum absolute atomic E-state index is 2.54. The lowest BCUT2D eigenvalue weighted by atomic mass is 9.95. The summed E-state index contributed by atoms with van der Waals surface area (Å²) in [6.07, 6.45) is 6.06. The van der Waals surface area contributed by atoms with Crippen molar-refractivity contribution in [2.75, 3.05) is 0 Å². The van der Waals surface area contributed by atoms with Crippen molar-refractivity contribution in [1.82, 2.24) is 9.13 Å². The fraction of sp³-hybridized carbons (Fsp3) is 0.128. The molecule has 0 saturated heterocycles. The summed E-state index contributed by atoms with van der Waals surface area (Å²) >= 11 is 0. The van der Waals surface area contributed by atoms with E-state index >= 15 is 0 Å². The van der Waals surface area contributed by atoms with Crippen LogP contribution >= 0.6 is 0 Å². The number of hydrogen-bond acceptors (Lipinski definition) is 0. The molecule has 0 aliphatic heterocycles. The summed E-state index contributed by atoms with van der Waals surface area (Å²) in [4.78, 5) is 0. The lowest BCUT2D eigenvalue weighted by molar-refractivity contribution is 0.895. The molecule has 2 atom stereocenters. The summed E-state index contributed by atoms with van der Waals surface area (Å²) in [5.41, 5.74) is 14.4. The van der Waals surface area contributed by atoms with Gasteiger partial charge < -0.3 is 9.13 Å². The molecule has 196 valence electrons. The predicted octanol–water partition coefficient (Wildman–Crippen LogP) is 10.1. The van der Waals surface area contributed by atoms with E-state index in [-0.39, 0.29) is 0 Å². The fourth-order valence-electron chi connectivity index (χ4n) is 7.44. The van der Waals surface area contributed by atoms with E-state index in [0.717, 1.165) is 0 Å². The molecule has 1 fully saturated rings. The van der Waals surface area contributed by atoms with E-state index in [1.807, 2.05) is 0 Å². The number of rotatable bonds is 3. The van der Waals surface area contributed by atoms with Gasteiger partial charge in [-0.1, -0.05) is 78.9 Å². The summed E-state index contributed by atoms with van der Waals surface area (Å²) in [6.45, 7) is 4.51. The zero-order valence-corrected chi connectivity index (χ0v) is 23.3. The zero-order chi connectivity index (χ0) is 27.2. The average molecular weight is 527 g/mol. The van der Waals surface area contributed by atoms with E-state index in [1.165, 1.54) is 84.0 Å². The number of allylic oxidation sites excluding steroid dienone is 1. The largest absolute Gasteiger partial charge is 0.313 e. The van der Waals surface area contributed by atoms with Gasteiger partial charge >= 0.3 is 0 Å². The standard InChI is InChI=1S/C39H30N2/c1-24-21-27(40-36-12-6-3-9-31(36)32-10-4-7-13-37(32)40)16-19-29(24)30-20-17-28(22-25(30)2)41-38-14-8-5-11-33(38)34-18-15-26-23-35(26)39(34)41/h3-22,26,35H,23H2,1-2H3. The predicted molar refractivity (Wildman–Crippen MR) is 172 cm³/mol. The van der Waals surface area contributed by atoms with Crippen LogP contribution in [0, 0.1) is 19.8 Å². The first kappa shape index (κ1) is 22.9. The van der Waals surface area contributed by atoms with E-state index in [4.69, 9.17) is 0 Å². The highest BCUT2D eigenvalue weighted by atomic mass is 15.0. The second-order valence-corrected chi connectivity index (χ2v) is 11.9. The lowest BCUT2D eigenvalue weighted by Gasteiger charge is -2.17. The van der Waals surface area contributed by atoms with Crippen LogP contribution in [0.25, 0.3) is 61.3 Å². The maximum atomic E-state index is 2.54. The molecule has 1 saturated carbocycles. The third-order valence-corrected chi connectivity index (χ3v) is 9.46. The topological polar surface area (TPSA) is 9.86 Å². The number of hydrogen-bond donors (Lipinski definition) is 0. The first-order valence-electron chi connectivity index (χ1n) is 14.7. The number of fused-ring (bicyclic) bond motifs is 8. The highest BCUT2D eigenvalue weighted by molar-refractivity contribution is 6.09. The first-order chi connectivity index (χ1) is 20.2. The van der Waals surface area contributed by atoms with Crippen molar-refractivity contribution in [3.63, 3.8) is 0 Å². The van der Waals surface area contributed by atoms with Crippen LogP contribution < -0.4 is 0 Å². The number of aryl methyl sites for hydroxylation is 2. The first-order valence-corrected chi connectivity index (χ1v) is 14.7. The van der Waals surface area contributed by atoms with Gasteiger partial charge in [0, 0.05) is 44.7 Å². The molecule has 2 heteroatoms. The Morgan fingerprint density at radius 2 is 1.07 bits per heavy atom. The summed E-state index contributed by atoms with van der Waals surface area (Å²) in [5, 5.41) is 3.95. The Morgan fingerprint density at radius 3 is 1.66 bits per heavy atom. The molecule has 2 aromatic heterocycles. The molecule has 0 radical (unpaired) electrons. The highest BCUT2D eigenvalue weighted by Gasteiger charge is 2.43. The van der Waals surface area contributed by atoms with Crippen LogP contribution in [0.4, 0.5) is 0 Å². The van der Waals surface area contributed by atoms with E-state index in [1.54, 1.807) is 0 Å². The quantitative estimate of drug-likeness (QED) is 0.217. The molecule has 2 aliphatic rings. The molecular formula is C39H30N2. The number of para-hydroxylation sites is 3. The molecule has 9 rings (SSSR count). The van der Waals surface area contributed by atoms with Crippen molar-refractivity contribution in [3.05, 3.63) is 138 Å². The van der Waals surface area contributed by atoms with Crippen molar-refractivity contribution in [3.8, 4) is 22.5 Å². The normalized spacial score (nSPS) is 17.3. The van der Waals surface area contributed by atoms with Crippen molar-refractivity contribution in [1.29, 1.82) is 0 Å². The van der Waals surface area contributed by atoms with Crippen LogP contribution in [-0.2, 0) is 0 Å². The minimum atomic E-state index is 0.651. The number of nitrogens with zero attached hydrogens (tertiary/aromatic N) is 2. The summed E-state index contributed by atoms with van der Waals surface area (Å²) in [5.74, 6) is 1.36. The molecule has 2 heterocycles. The molecular weight excluding hydrogens is 496 g/mol. The Balaban J connectivity index is 1.16. The van der Waals surface area contributed by atoms with Gasteiger partial charge in [-0.05, 0) is 90.9 Å². The molecule has 7 aromatic rings. The van der Waals surface area contributed by atoms with Gasteiger partial charge in [-0.25, -0.2) is 0 Å². The third-order valence-electron chi connectivity index (χ3n) is 9.46. The minimum absolute atomic E-state index is 0.651. The van der Waals surface area contributed by atoms with Gasteiger partial charge in [0.2, 0.25) is 0 Å². The van der Waals surface area contributed by atoms with Gasteiger partial charge in [0.05, 0.1) is 16.6 Å². The average Bonchev–Trinajstić information content (AvgIpc) is 3.62. The Hall–Kier alpha value is -4.82. The Bertz CT molecular complexity index is 2170. The van der Waals surface area contributed by atoms with Crippen molar-refractivity contribution >= 4 is 38.8 Å². The third kappa shape index (κ3) is 3.25. The van der Waals surface area contributed by atoms with Gasteiger partial charge in [-0.15, -0.1) is 0 Å². The van der Waals surface area contributed by atoms with Crippen LogP contribution in [0.1, 0.15) is 34.7 Å². The second-order valence-electron chi connectivity index (χ2n) is 11.9. The van der Waals surface area contributed by atoms with Crippen LogP contribution in [-0.4, -0.2) is 9.13 Å².